The number of amides is 1. The zero-order chi connectivity index (χ0) is 19.2. The zero-order valence-corrected chi connectivity index (χ0v) is 15.3. The molecule has 4 heteroatoms. The largest absolute Gasteiger partial charge is 0.490 e. The monoisotopic (exact) mass is 359 g/mol. The Morgan fingerprint density at radius 1 is 0.778 bits per heavy atom. The highest BCUT2D eigenvalue weighted by molar-refractivity contribution is 6.15. The highest BCUT2D eigenvalue weighted by Crippen LogP contribution is 2.24. The van der Waals surface area contributed by atoms with Gasteiger partial charge in [0.05, 0.1) is 17.4 Å². The Hall–Kier alpha value is -3.40. The fourth-order valence-corrected chi connectivity index (χ4v) is 2.74. The van der Waals surface area contributed by atoms with E-state index in [1.807, 2.05) is 38.1 Å². The van der Waals surface area contributed by atoms with Gasteiger partial charge < -0.3 is 10.1 Å². The van der Waals surface area contributed by atoms with E-state index in [2.05, 4.69) is 5.32 Å². The molecule has 27 heavy (non-hydrogen) atoms. The molecule has 3 rings (SSSR count). The number of ketones is 1. The van der Waals surface area contributed by atoms with Crippen molar-refractivity contribution in [1.29, 1.82) is 0 Å². The molecule has 0 aromatic heterocycles. The average molecular weight is 359 g/mol. The lowest BCUT2D eigenvalue weighted by Crippen LogP contribution is -2.17. The first kappa shape index (κ1) is 18.4. The molecule has 0 radical (unpaired) electrons. The van der Waals surface area contributed by atoms with Gasteiger partial charge in [-0.3, -0.25) is 9.59 Å². The lowest BCUT2D eigenvalue weighted by molar-refractivity contribution is 0.102. The van der Waals surface area contributed by atoms with Crippen molar-refractivity contribution in [2.75, 3.05) is 5.32 Å². The van der Waals surface area contributed by atoms with Gasteiger partial charge in [-0.05, 0) is 38.1 Å². The molecule has 0 bridgehead atoms. The average Bonchev–Trinajstić information content (AvgIpc) is 2.68. The van der Waals surface area contributed by atoms with E-state index in [0.717, 1.165) is 0 Å². The highest BCUT2D eigenvalue weighted by atomic mass is 16.5. The van der Waals surface area contributed by atoms with Crippen molar-refractivity contribution >= 4 is 17.4 Å². The van der Waals surface area contributed by atoms with Gasteiger partial charge in [0.1, 0.15) is 5.75 Å². The van der Waals surface area contributed by atoms with Crippen LogP contribution >= 0.6 is 0 Å². The number of carbonyl (C=O) groups is 2. The van der Waals surface area contributed by atoms with E-state index in [9.17, 15) is 9.59 Å². The Kier molecular flexibility index (Phi) is 5.67. The summed E-state index contributed by atoms with van der Waals surface area (Å²) in [5.41, 5.74) is 1.91. The van der Waals surface area contributed by atoms with Crippen LogP contribution in [0.4, 0.5) is 5.69 Å². The van der Waals surface area contributed by atoms with Gasteiger partial charge in [-0.25, -0.2) is 0 Å². The maximum absolute atomic E-state index is 12.8. The molecule has 0 aliphatic rings. The van der Waals surface area contributed by atoms with Crippen LogP contribution in [0.15, 0.2) is 78.9 Å². The van der Waals surface area contributed by atoms with Crippen LogP contribution in [0.25, 0.3) is 0 Å². The summed E-state index contributed by atoms with van der Waals surface area (Å²) in [5.74, 6) is 0.0506. The van der Waals surface area contributed by atoms with E-state index < -0.39 is 0 Å². The number of anilines is 1. The van der Waals surface area contributed by atoms with Crippen LogP contribution in [0.1, 0.15) is 40.1 Å². The van der Waals surface area contributed by atoms with Gasteiger partial charge in [-0.2, -0.15) is 0 Å². The predicted octanol–water partition coefficient (Wildman–Crippen LogP) is 4.96. The molecule has 0 aliphatic heterocycles. The third-order valence-corrected chi connectivity index (χ3v) is 3.95. The smallest absolute Gasteiger partial charge is 0.259 e. The maximum atomic E-state index is 12.8. The fourth-order valence-electron chi connectivity index (χ4n) is 2.74. The van der Waals surface area contributed by atoms with Crippen LogP contribution in [0.5, 0.6) is 5.75 Å². The van der Waals surface area contributed by atoms with E-state index in [0.29, 0.717) is 28.1 Å². The minimum absolute atomic E-state index is 0.0501. The first-order valence-electron chi connectivity index (χ1n) is 8.82. The van der Waals surface area contributed by atoms with Crippen LogP contribution in [0.3, 0.4) is 0 Å². The first-order valence-corrected chi connectivity index (χ1v) is 8.82. The second kappa shape index (κ2) is 8.32. The molecule has 3 aromatic carbocycles. The molecule has 0 saturated carbocycles. The number of para-hydroxylation sites is 2. The number of carbonyl (C=O) groups excluding carboxylic acids is 2. The van der Waals surface area contributed by atoms with E-state index >= 15 is 0 Å². The number of nitrogens with one attached hydrogen (secondary N) is 1. The topological polar surface area (TPSA) is 55.4 Å². The fraction of sp³-hybridized carbons (Fsp3) is 0.130. The molecule has 0 aliphatic carbocycles. The molecule has 0 heterocycles. The minimum Gasteiger partial charge on any atom is -0.490 e. The lowest BCUT2D eigenvalue weighted by atomic mass is 10.0. The standard InChI is InChI=1S/C23H21NO3/c1-16(2)27-21-15-9-7-13-19(21)23(26)24-20-14-8-6-12-18(20)22(25)17-10-4-3-5-11-17/h3-16H,1-2H3,(H,24,26). The third kappa shape index (κ3) is 4.42. The van der Waals surface area contributed by atoms with E-state index in [-0.39, 0.29) is 17.8 Å². The summed E-state index contributed by atoms with van der Waals surface area (Å²) < 4.78 is 5.72. The molecular formula is C23H21NO3. The molecule has 0 spiro atoms. The molecular weight excluding hydrogens is 338 g/mol. The number of benzene rings is 3. The Balaban J connectivity index is 1.89. The summed E-state index contributed by atoms with van der Waals surface area (Å²) in [6.45, 7) is 3.81. The van der Waals surface area contributed by atoms with Gasteiger partial charge in [0.2, 0.25) is 0 Å². The molecule has 3 aromatic rings. The van der Waals surface area contributed by atoms with Gasteiger partial charge in [0.25, 0.3) is 5.91 Å². The SMILES string of the molecule is CC(C)Oc1ccccc1C(=O)Nc1ccccc1C(=O)c1ccccc1. The Morgan fingerprint density at radius 2 is 1.37 bits per heavy atom. The van der Waals surface area contributed by atoms with E-state index in [1.54, 1.807) is 54.6 Å². The van der Waals surface area contributed by atoms with Crippen LogP contribution in [0, 0.1) is 0 Å². The van der Waals surface area contributed by atoms with Gasteiger partial charge >= 0.3 is 0 Å². The van der Waals surface area contributed by atoms with Gasteiger partial charge in [-0.15, -0.1) is 0 Å². The van der Waals surface area contributed by atoms with Crippen LogP contribution in [-0.2, 0) is 0 Å². The quantitative estimate of drug-likeness (QED) is 0.633. The van der Waals surface area contributed by atoms with Crippen molar-refractivity contribution < 1.29 is 14.3 Å². The molecule has 0 atom stereocenters. The number of hydrogen-bond acceptors (Lipinski definition) is 3. The maximum Gasteiger partial charge on any atom is 0.259 e. The minimum atomic E-state index is -0.320. The molecule has 1 amide bonds. The van der Waals surface area contributed by atoms with Crippen molar-refractivity contribution in [3.05, 3.63) is 95.6 Å². The Labute approximate surface area is 158 Å². The predicted molar refractivity (Wildman–Crippen MR) is 106 cm³/mol. The first-order chi connectivity index (χ1) is 13.1. The third-order valence-electron chi connectivity index (χ3n) is 3.95. The number of hydrogen-bond donors (Lipinski definition) is 1. The Bertz CT molecular complexity index is 949. The lowest BCUT2D eigenvalue weighted by Gasteiger charge is -2.15. The molecule has 0 fully saturated rings. The van der Waals surface area contributed by atoms with Crippen molar-refractivity contribution in [3.8, 4) is 5.75 Å². The van der Waals surface area contributed by atoms with Crippen molar-refractivity contribution in [1.82, 2.24) is 0 Å². The molecule has 0 saturated heterocycles. The highest BCUT2D eigenvalue weighted by Gasteiger charge is 2.18. The number of rotatable bonds is 6. The van der Waals surface area contributed by atoms with E-state index in [1.165, 1.54) is 0 Å². The van der Waals surface area contributed by atoms with Crippen molar-refractivity contribution in [2.24, 2.45) is 0 Å². The molecule has 0 unspecified atom stereocenters. The van der Waals surface area contributed by atoms with Crippen molar-refractivity contribution in [3.63, 3.8) is 0 Å². The molecule has 1 N–H and O–H groups in total. The summed E-state index contributed by atoms with van der Waals surface area (Å²) in [5, 5.41) is 2.85. The van der Waals surface area contributed by atoms with E-state index in [4.69, 9.17) is 4.74 Å². The summed E-state index contributed by atoms with van der Waals surface area (Å²) in [6.07, 6.45) is -0.0501. The second-order valence-corrected chi connectivity index (χ2v) is 6.36. The molecule has 136 valence electrons. The molecule has 4 nitrogen and oxygen atoms in total. The number of ether oxygens (including phenoxy) is 1. The second-order valence-electron chi connectivity index (χ2n) is 6.36. The van der Waals surface area contributed by atoms with Gasteiger partial charge in [0.15, 0.2) is 5.78 Å². The van der Waals surface area contributed by atoms with Gasteiger partial charge in [0, 0.05) is 11.1 Å². The van der Waals surface area contributed by atoms with Crippen LogP contribution in [-0.4, -0.2) is 17.8 Å². The normalized spacial score (nSPS) is 10.5. The summed E-state index contributed by atoms with van der Waals surface area (Å²) in [7, 11) is 0. The Morgan fingerprint density at radius 3 is 2.07 bits per heavy atom. The summed E-state index contributed by atoms with van der Waals surface area (Å²) >= 11 is 0. The van der Waals surface area contributed by atoms with Crippen LogP contribution < -0.4 is 10.1 Å². The van der Waals surface area contributed by atoms with Crippen molar-refractivity contribution in [2.45, 2.75) is 20.0 Å². The van der Waals surface area contributed by atoms with Gasteiger partial charge in [-0.1, -0.05) is 54.6 Å². The zero-order valence-electron chi connectivity index (χ0n) is 15.3. The van der Waals surface area contributed by atoms with Crippen LogP contribution in [0.2, 0.25) is 0 Å². The summed E-state index contributed by atoms with van der Waals surface area (Å²) in [4.78, 5) is 25.6. The summed E-state index contributed by atoms with van der Waals surface area (Å²) in [6, 6.07) is 23.1.